The van der Waals surface area contributed by atoms with Crippen molar-refractivity contribution in [2.45, 2.75) is 46.3 Å². The largest absolute Gasteiger partial charge is 0.491 e. The van der Waals surface area contributed by atoms with Crippen molar-refractivity contribution < 1.29 is 9.84 Å². The smallest absolute Gasteiger partial charge is 0.121 e. The van der Waals surface area contributed by atoms with E-state index in [1.165, 1.54) is 0 Å². The van der Waals surface area contributed by atoms with Crippen molar-refractivity contribution in [3.8, 4) is 5.75 Å². The molecule has 4 nitrogen and oxygen atoms in total. The number of rotatable bonds is 10. The number of anilines is 1. The Bertz CT molecular complexity index is 394. The van der Waals surface area contributed by atoms with Crippen LogP contribution in [-0.4, -0.2) is 48.4 Å². The lowest BCUT2D eigenvalue weighted by Crippen LogP contribution is -2.35. The van der Waals surface area contributed by atoms with Crippen LogP contribution in [0, 0.1) is 0 Å². The SMILES string of the molecule is CCC(C)Oc1cccc(NCC(O)CN(CC)CC)c1. The van der Waals surface area contributed by atoms with Crippen LogP contribution in [0.25, 0.3) is 0 Å². The number of hydrogen-bond acceptors (Lipinski definition) is 4. The van der Waals surface area contributed by atoms with Crippen molar-refractivity contribution >= 4 is 5.69 Å². The predicted octanol–water partition coefficient (Wildman–Crippen LogP) is 2.98. The molecule has 0 aliphatic carbocycles. The van der Waals surface area contributed by atoms with Gasteiger partial charge in [-0.05, 0) is 38.6 Å². The molecule has 4 heteroatoms. The van der Waals surface area contributed by atoms with E-state index in [2.05, 4.69) is 37.9 Å². The molecule has 1 aromatic rings. The monoisotopic (exact) mass is 294 g/mol. The summed E-state index contributed by atoms with van der Waals surface area (Å²) < 4.78 is 5.80. The van der Waals surface area contributed by atoms with Crippen molar-refractivity contribution in [2.24, 2.45) is 0 Å². The molecule has 0 heterocycles. The quantitative estimate of drug-likeness (QED) is 0.696. The maximum Gasteiger partial charge on any atom is 0.121 e. The van der Waals surface area contributed by atoms with Crippen LogP contribution in [0.15, 0.2) is 24.3 Å². The molecule has 0 aliphatic heterocycles. The van der Waals surface area contributed by atoms with E-state index in [1.807, 2.05) is 24.3 Å². The van der Waals surface area contributed by atoms with Crippen LogP contribution in [0.4, 0.5) is 5.69 Å². The topological polar surface area (TPSA) is 44.7 Å². The van der Waals surface area contributed by atoms with Crippen molar-refractivity contribution in [3.63, 3.8) is 0 Å². The Kier molecular flexibility index (Phi) is 8.16. The van der Waals surface area contributed by atoms with E-state index in [0.29, 0.717) is 13.1 Å². The van der Waals surface area contributed by atoms with Gasteiger partial charge in [0.25, 0.3) is 0 Å². The Labute approximate surface area is 129 Å². The number of benzene rings is 1. The first kappa shape index (κ1) is 17.8. The fourth-order valence-electron chi connectivity index (χ4n) is 2.08. The fourth-order valence-corrected chi connectivity index (χ4v) is 2.08. The minimum atomic E-state index is -0.371. The predicted molar refractivity (Wildman–Crippen MR) is 89.1 cm³/mol. The van der Waals surface area contributed by atoms with Crippen LogP contribution in [-0.2, 0) is 0 Å². The van der Waals surface area contributed by atoms with E-state index < -0.39 is 0 Å². The number of nitrogens with one attached hydrogen (secondary N) is 1. The van der Waals surface area contributed by atoms with Crippen molar-refractivity contribution in [1.29, 1.82) is 0 Å². The van der Waals surface area contributed by atoms with E-state index in [9.17, 15) is 5.11 Å². The molecule has 2 N–H and O–H groups in total. The molecule has 21 heavy (non-hydrogen) atoms. The molecule has 2 atom stereocenters. The molecule has 0 saturated heterocycles. The third-order valence-electron chi connectivity index (χ3n) is 3.65. The molecule has 0 amide bonds. The second kappa shape index (κ2) is 9.64. The van der Waals surface area contributed by atoms with Gasteiger partial charge in [-0.15, -0.1) is 0 Å². The second-order valence-electron chi connectivity index (χ2n) is 5.39. The summed E-state index contributed by atoms with van der Waals surface area (Å²) in [5, 5.41) is 13.3. The maximum absolute atomic E-state index is 10.1. The number of aliphatic hydroxyl groups is 1. The van der Waals surface area contributed by atoms with Crippen LogP contribution in [0.2, 0.25) is 0 Å². The molecule has 0 aliphatic rings. The summed E-state index contributed by atoms with van der Waals surface area (Å²) in [4.78, 5) is 2.22. The molecule has 120 valence electrons. The van der Waals surface area contributed by atoms with Crippen molar-refractivity contribution in [3.05, 3.63) is 24.3 Å². The van der Waals surface area contributed by atoms with Crippen LogP contribution in [0.3, 0.4) is 0 Å². The molecular formula is C17H30N2O2. The Balaban J connectivity index is 2.46. The molecule has 0 fully saturated rings. The summed E-state index contributed by atoms with van der Waals surface area (Å²) in [7, 11) is 0. The minimum absolute atomic E-state index is 0.216. The first-order chi connectivity index (χ1) is 10.1. The highest BCUT2D eigenvalue weighted by atomic mass is 16.5. The van der Waals surface area contributed by atoms with E-state index in [0.717, 1.165) is 30.9 Å². The molecule has 0 aromatic heterocycles. The molecule has 1 rings (SSSR count). The highest BCUT2D eigenvalue weighted by Crippen LogP contribution is 2.19. The lowest BCUT2D eigenvalue weighted by atomic mass is 10.2. The number of nitrogens with zero attached hydrogens (tertiary/aromatic N) is 1. The molecule has 2 unspecified atom stereocenters. The first-order valence-corrected chi connectivity index (χ1v) is 8.00. The van der Waals surface area contributed by atoms with Crippen LogP contribution >= 0.6 is 0 Å². The van der Waals surface area contributed by atoms with Gasteiger partial charge >= 0.3 is 0 Å². The molecule has 0 radical (unpaired) electrons. The van der Waals surface area contributed by atoms with Gasteiger partial charge in [0.2, 0.25) is 0 Å². The second-order valence-corrected chi connectivity index (χ2v) is 5.39. The summed E-state index contributed by atoms with van der Waals surface area (Å²) in [6.45, 7) is 11.6. The highest BCUT2D eigenvalue weighted by Gasteiger charge is 2.09. The standard InChI is InChI=1S/C17H30N2O2/c1-5-14(4)21-17-10-8-9-15(11-17)18-12-16(20)13-19(6-2)7-3/h8-11,14,16,18,20H,5-7,12-13H2,1-4H3. The van der Waals surface area contributed by atoms with E-state index in [1.54, 1.807) is 0 Å². The van der Waals surface area contributed by atoms with E-state index >= 15 is 0 Å². The van der Waals surface area contributed by atoms with Gasteiger partial charge in [0.05, 0.1) is 12.2 Å². The molecule has 1 aromatic carbocycles. The van der Waals surface area contributed by atoms with E-state index in [4.69, 9.17) is 4.74 Å². The Morgan fingerprint density at radius 2 is 1.95 bits per heavy atom. The highest BCUT2D eigenvalue weighted by molar-refractivity contribution is 5.48. The van der Waals surface area contributed by atoms with Gasteiger partial charge in [-0.2, -0.15) is 0 Å². The molecule has 0 bridgehead atoms. The summed E-state index contributed by atoms with van der Waals surface area (Å²) in [5.74, 6) is 0.868. The summed E-state index contributed by atoms with van der Waals surface area (Å²) in [6, 6.07) is 7.91. The van der Waals surface area contributed by atoms with Crippen molar-refractivity contribution in [2.75, 3.05) is 31.5 Å². The molecule has 0 spiro atoms. The van der Waals surface area contributed by atoms with Crippen molar-refractivity contribution in [1.82, 2.24) is 4.90 Å². The average molecular weight is 294 g/mol. The zero-order chi connectivity index (χ0) is 15.7. The van der Waals surface area contributed by atoms with E-state index in [-0.39, 0.29) is 12.2 Å². The Hall–Kier alpha value is -1.26. The number of aliphatic hydroxyl groups excluding tert-OH is 1. The third-order valence-corrected chi connectivity index (χ3v) is 3.65. The normalized spacial score (nSPS) is 14.0. The van der Waals surface area contributed by atoms with Gasteiger partial charge in [0.1, 0.15) is 5.75 Å². The zero-order valence-electron chi connectivity index (χ0n) is 13.8. The number of likely N-dealkylation sites (N-methyl/N-ethyl adjacent to an activating group) is 1. The van der Waals surface area contributed by atoms with Gasteiger partial charge in [0, 0.05) is 24.8 Å². The summed E-state index contributed by atoms with van der Waals surface area (Å²) in [5.41, 5.74) is 0.981. The third kappa shape index (κ3) is 6.82. The average Bonchev–Trinajstić information content (AvgIpc) is 2.50. The number of ether oxygens (including phenoxy) is 1. The fraction of sp³-hybridized carbons (Fsp3) is 0.647. The molecule has 0 saturated carbocycles. The minimum Gasteiger partial charge on any atom is -0.491 e. The summed E-state index contributed by atoms with van der Waals surface area (Å²) >= 11 is 0. The van der Waals surface area contributed by atoms with Gasteiger partial charge in [-0.25, -0.2) is 0 Å². The maximum atomic E-state index is 10.1. The lowest BCUT2D eigenvalue weighted by molar-refractivity contribution is 0.128. The van der Waals surface area contributed by atoms with Crippen LogP contribution in [0.5, 0.6) is 5.75 Å². The summed E-state index contributed by atoms with van der Waals surface area (Å²) in [6.07, 6.45) is 0.831. The first-order valence-electron chi connectivity index (χ1n) is 8.00. The van der Waals surface area contributed by atoms with Gasteiger partial charge in [-0.1, -0.05) is 26.8 Å². The Morgan fingerprint density at radius 3 is 2.57 bits per heavy atom. The Morgan fingerprint density at radius 1 is 1.24 bits per heavy atom. The zero-order valence-corrected chi connectivity index (χ0v) is 13.8. The van der Waals surface area contributed by atoms with Gasteiger partial charge < -0.3 is 20.1 Å². The number of hydrogen-bond donors (Lipinski definition) is 2. The van der Waals surface area contributed by atoms with Crippen LogP contribution in [0.1, 0.15) is 34.1 Å². The lowest BCUT2D eigenvalue weighted by Gasteiger charge is -2.22. The van der Waals surface area contributed by atoms with Gasteiger partial charge in [0.15, 0.2) is 0 Å². The van der Waals surface area contributed by atoms with Gasteiger partial charge in [-0.3, -0.25) is 0 Å². The van der Waals surface area contributed by atoms with Crippen LogP contribution < -0.4 is 10.1 Å². The molecular weight excluding hydrogens is 264 g/mol.